The van der Waals surface area contributed by atoms with E-state index in [2.05, 4.69) is 22.6 Å². The smallest absolute Gasteiger partial charge is 0.123 e. The summed E-state index contributed by atoms with van der Waals surface area (Å²) in [5.74, 6) is -0.326. The predicted octanol–water partition coefficient (Wildman–Crippen LogP) is 6.06. The minimum atomic E-state index is -0.326. The molecule has 2 aromatic rings. The fourth-order valence-electron chi connectivity index (χ4n) is 1.46. The predicted molar refractivity (Wildman–Crippen MR) is 79.6 cm³/mol. The molecular weight excluding hydrogens is 396 g/mol. The van der Waals surface area contributed by atoms with Gasteiger partial charge in [0, 0.05) is 14.2 Å². The molecule has 0 saturated heterocycles. The summed E-state index contributed by atoms with van der Waals surface area (Å²) < 4.78 is 14.1. The molecule has 5 heteroatoms. The van der Waals surface area contributed by atoms with Crippen molar-refractivity contribution in [1.29, 1.82) is 0 Å². The maximum atomic E-state index is 13.3. The average molecular weight is 401 g/mol. The molecule has 0 N–H and O–H groups in total. The molecule has 0 nitrogen and oxygen atoms in total. The molecule has 0 aliphatic heterocycles. The molecule has 2 rings (SSSR count). The van der Waals surface area contributed by atoms with Crippen LogP contribution in [0.25, 0.3) is 11.1 Å². The highest BCUT2D eigenvalue weighted by Gasteiger charge is 2.12. The van der Waals surface area contributed by atoms with E-state index in [1.165, 1.54) is 12.1 Å². The highest BCUT2D eigenvalue weighted by atomic mass is 127. The SMILES string of the molecule is Fc1ccc(I)c(-c2cc(Cl)cc(Cl)c2Cl)c1. The molecule has 88 valence electrons. The zero-order valence-corrected chi connectivity index (χ0v) is 12.7. The van der Waals surface area contributed by atoms with Crippen LogP contribution in [0.2, 0.25) is 15.1 Å². The summed E-state index contributed by atoms with van der Waals surface area (Å²) in [5.41, 5.74) is 1.31. The Morgan fingerprint density at radius 3 is 2.35 bits per heavy atom. The molecule has 0 aliphatic carbocycles. The number of benzene rings is 2. The van der Waals surface area contributed by atoms with Crippen molar-refractivity contribution >= 4 is 57.4 Å². The summed E-state index contributed by atoms with van der Waals surface area (Å²) in [5, 5.41) is 1.20. The van der Waals surface area contributed by atoms with Crippen LogP contribution in [0.15, 0.2) is 30.3 Å². The van der Waals surface area contributed by atoms with Crippen LogP contribution in [0.1, 0.15) is 0 Å². The fourth-order valence-corrected chi connectivity index (χ4v) is 2.79. The van der Waals surface area contributed by atoms with Crippen LogP contribution < -0.4 is 0 Å². The lowest BCUT2D eigenvalue weighted by molar-refractivity contribution is 0.628. The average Bonchev–Trinajstić information content (AvgIpc) is 2.27. The zero-order chi connectivity index (χ0) is 12.6. The van der Waals surface area contributed by atoms with Crippen LogP contribution in [0.4, 0.5) is 4.39 Å². The summed E-state index contributed by atoms with van der Waals surface area (Å²) in [4.78, 5) is 0. The third kappa shape index (κ3) is 2.87. The van der Waals surface area contributed by atoms with E-state index in [4.69, 9.17) is 34.8 Å². The van der Waals surface area contributed by atoms with E-state index in [0.29, 0.717) is 26.2 Å². The Labute approximate surface area is 127 Å². The van der Waals surface area contributed by atoms with E-state index in [1.54, 1.807) is 18.2 Å². The Bertz CT molecular complexity index is 584. The van der Waals surface area contributed by atoms with Gasteiger partial charge in [0.2, 0.25) is 0 Å². The normalized spacial score (nSPS) is 10.6. The van der Waals surface area contributed by atoms with Crippen molar-refractivity contribution in [3.05, 3.63) is 54.8 Å². The second-order valence-corrected chi connectivity index (χ2v) is 5.76. The highest BCUT2D eigenvalue weighted by molar-refractivity contribution is 14.1. The molecule has 0 radical (unpaired) electrons. The van der Waals surface area contributed by atoms with Crippen molar-refractivity contribution < 1.29 is 4.39 Å². The van der Waals surface area contributed by atoms with Gasteiger partial charge in [-0.3, -0.25) is 0 Å². The van der Waals surface area contributed by atoms with Crippen molar-refractivity contribution in [2.75, 3.05) is 0 Å². The van der Waals surface area contributed by atoms with Gasteiger partial charge in [0.25, 0.3) is 0 Å². The van der Waals surface area contributed by atoms with E-state index in [9.17, 15) is 4.39 Å². The second kappa shape index (κ2) is 5.31. The van der Waals surface area contributed by atoms with Crippen LogP contribution in [-0.4, -0.2) is 0 Å². The monoisotopic (exact) mass is 400 g/mol. The number of hydrogen-bond acceptors (Lipinski definition) is 0. The largest absolute Gasteiger partial charge is 0.207 e. The number of hydrogen-bond donors (Lipinski definition) is 0. The Morgan fingerprint density at radius 2 is 1.65 bits per heavy atom. The van der Waals surface area contributed by atoms with Gasteiger partial charge in [-0.2, -0.15) is 0 Å². The molecule has 0 atom stereocenters. The Morgan fingerprint density at radius 1 is 0.941 bits per heavy atom. The molecule has 2 aromatic carbocycles. The van der Waals surface area contributed by atoms with E-state index in [1.807, 2.05) is 0 Å². The van der Waals surface area contributed by atoms with E-state index < -0.39 is 0 Å². The Kier molecular flexibility index (Phi) is 4.18. The summed E-state index contributed by atoms with van der Waals surface area (Å²) in [6.07, 6.45) is 0. The van der Waals surface area contributed by atoms with Crippen molar-refractivity contribution in [3.8, 4) is 11.1 Å². The Balaban J connectivity index is 2.72. The molecule has 0 amide bonds. The lowest BCUT2D eigenvalue weighted by Gasteiger charge is -2.09. The lowest BCUT2D eigenvalue weighted by Crippen LogP contribution is -1.87. The Hall–Kier alpha value is -0.0300. The van der Waals surface area contributed by atoms with Gasteiger partial charge in [0.1, 0.15) is 5.82 Å². The topological polar surface area (TPSA) is 0 Å². The number of halogens is 5. The molecule has 0 aliphatic rings. The van der Waals surface area contributed by atoms with Gasteiger partial charge in [0.05, 0.1) is 10.0 Å². The molecule has 17 heavy (non-hydrogen) atoms. The van der Waals surface area contributed by atoms with E-state index in [-0.39, 0.29) is 5.82 Å². The summed E-state index contributed by atoms with van der Waals surface area (Å²) in [6, 6.07) is 7.71. The zero-order valence-electron chi connectivity index (χ0n) is 8.28. The third-order valence-electron chi connectivity index (χ3n) is 2.21. The first-order chi connectivity index (χ1) is 7.99. The van der Waals surface area contributed by atoms with Crippen LogP contribution in [0.3, 0.4) is 0 Å². The van der Waals surface area contributed by atoms with Crippen molar-refractivity contribution in [1.82, 2.24) is 0 Å². The maximum absolute atomic E-state index is 13.3. The minimum Gasteiger partial charge on any atom is -0.207 e. The van der Waals surface area contributed by atoms with Crippen molar-refractivity contribution in [2.45, 2.75) is 0 Å². The maximum Gasteiger partial charge on any atom is 0.123 e. The van der Waals surface area contributed by atoms with Gasteiger partial charge in [-0.25, -0.2) is 4.39 Å². The van der Waals surface area contributed by atoms with Gasteiger partial charge in [-0.15, -0.1) is 0 Å². The van der Waals surface area contributed by atoms with Crippen molar-refractivity contribution in [2.24, 2.45) is 0 Å². The van der Waals surface area contributed by atoms with Crippen molar-refractivity contribution in [3.63, 3.8) is 0 Å². The number of rotatable bonds is 1. The quantitative estimate of drug-likeness (QED) is 0.403. The van der Waals surface area contributed by atoms with Crippen LogP contribution in [-0.2, 0) is 0 Å². The lowest BCUT2D eigenvalue weighted by atomic mass is 10.1. The van der Waals surface area contributed by atoms with E-state index >= 15 is 0 Å². The molecule has 0 fully saturated rings. The summed E-state index contributed by atoms with van der Waals surface area (Å²) in [7, 11) is 0. The molecule has 0 spiro atoms. The van der Waals surface area contributed by atoms with Crippen LogP contribution >= 0.6 is 57.4 Å². The first-order valence-corrected chi connectivity index (χ1v) is 6.80. The third-order valence-corrected chi connectivity index (χ3v) is 4.17. The van der Waals surface area contributed by atoms with Crippen LogP contribution in [0.5, 0.6) is 0 Å². The first-order valence-electron chi connectivity index (χ1n) is 4.59. The summed E-state index contributed by atoms with van der Waals surface area (Å²) >= 11 is 20.1. The second-order valence-electron chi connectivity index (χ2n) is 3.37. The first kappa shape index (κ1) is 13.4. The van der Waals surface area contributed by atoms with Gasteiger partial charge in [-0.1, -0.05) is 34.8 Å². The highest BCUT2D eigenvalue weighted by Crippen LogP contribution is 2.38. The van der Waals surface area contributed by atoms with Gasteiger partial charge < -0.3 is 0 Å². The fraction of sp³-hybridized carbons (Fsp3) is 0. The summed E-state index contributed by atoms with van der Waals surface area (Å²) in [6.45, 7) is 0. The molecule has 0 heterocycles. The van der Waals surface area contributed by atoms with Gasteiger partial charge >= 0.3 is 0 Å². The van der Waals surface area contributed by atoms with Gasteiger partial charge in [0.15, 0.2) is 0 Å². The molecular formula is C12H5Cl3FI. The van der Waals surface area contributed by atoms with Crippen LogP contribution in [0, 0.1) is 9.39 Å². The van der Waals surface area contributed by atoms with E-state index in [0.717, 1.165) is 3.57 Å². The molecule has 0 unspecified atom stereocenters. The van der Waals surface area contributed by atoms with Gasteiger partial charge in [-0.05, 0) is 58.5 Å². The standard InChI is InChI=1S/C12H5Cl3FI/c13-6-3-9(12(15)10(14)4-6)8-5-7(16)1-2-11(8)17/h1-5H. The molecule has 0 bridgehead atoms. The molecule has 0 aromatic heterocycles. The molecule has 0 saturated carbocycles. The minimum absolute atomic E-state index is 0.326.